The van der Waals surface area contributed by atoms with Crippen LogP contribution < -0.4 is 0 Å². The first-order valence-corrected chi connectivity index (χ1v) is 10.5. The number of rotatable bonds is 6. The van der Waals surface area contributed by atoms with Crippen molar-refractivity contribution < 1.29 is 5.11 Å². The van der Waals surface area contributed by atoms with Crippen molar-refractivity contribution in [3.63, 3.8) is 0 Å². The van der Waals surface area contributed by atoms with Crippen LogP contribution in [0.15, 0.2) is 36.4 Å². The molecule has 1 aliphatic rings. The number of aromatic nitrogens is 3. The first kappa shape index (κ1) is 20.5. The molecule has 0 saturated heterocycles. The third-order valence-corrected chi connectivity index (χ3v) is 5.47. The molecule has 0 radical (unpaired) electrons. The standard InChI is InChI=1S/C22H27N3O.C2H6/c1-15-23-24-21(12-22(2,3)14-26)25(15)13-17-10-11-19(16-8-9-16)20-7-5-4-6-18(17)20;1-2/h4-7,10-11,16,26H,8-9,12-14H2,1-3H3;1-2H3. The fraction of sp³-hybridized carbons (Fsp3) is 0.500. The van der Waals surface area contributed by atoms with E-state index in [1.807, 2.05) is 20.8 Å². The Balaban J connectivity index is 0.00000109. The third kappa shape index (κ3) is 4.27. The van der Waals surface area contributed by atoms with E-state index >= 15 is 0 Å². The van der Waals surface area contributed by atoms with Crippen LogP contribution in [0.2, 0.25) is 0 Å². The van der Waals surface area contributed by atoms with Gasteiger partial charge in [0.1, 0.15) is 11.6 Å². The van der Waals surface area contributed by atoms with Crippen molar-refractivity contribution in [2.24, 2.45) is 5.41 Å². The molecule has 1 saturated carbocycles. The quantitative estimate of drug-likeness (QED) is 0.636. The van der Waals surface area contributed by atoms with Crippen LogP contribution in [0.1, 0.15) is 69.2 Å². The number of aryl methyl sites for hydroxylation is 1. The molecule has 0 spiro atoms. The average Bonchev–Trinajstić information content (AvgIpc) is 3.50. The molecular weight excluding hydrogens is 346 g/mol. The van der Waals surface area contributed by atoms with E-state index in [9.17, 15) is 5.11 Å². The molecule has 3 aromatic rings. The van der Waals surface area contributed by atoms with Gasteiger partial charge in [0.05, 0.1) is 6.54 Å². The van der Waals surface area contributed by atoms with Crippen LogP contribution in [-0.4, -0.2) is 26.5 Å². The second-order valence-corrected chi connectivity index (χ2v) is 8.38. The summed E-state index contributed by atoms with van der Waals surface area (Å²) in [5.41, 5.74) is 2.59. The largest absolute Gasteiger partial charge is 0.396 e. The Kier molecular flexibility index (Phi) is 6.19. The van der Waals surface area contributed by atoms with Crippen molar-refractivity contribution in [3.8, 4) is 0 Å². The van der Waals surface area contributed by atoms with Gasteiger partial charge in [-0.25, -0.2) is 0 Å². The molecule has 2 aromatic carbocycles. The van der Waals surface area contributed by atoms with Gasteiger partial charge in [0.25, 0.3) is 0 Å². The zero-order valence-electron chi connectivity index (χ0n) is 17.9. The van der Waals surface area contributed by atoms with Gasteiger partial charge in [-0.2, -0.15) is 0 Å². The summed E-state index contributed by atoms with van der Waals surface area (Å²) in [7, 11) is 0. The van der Waals surface area contributed by atoms with Crippen molar-refractivity contribution in [1.29, 1.82) is 0 Å². The number of aliphatic hydroxyl groups excluding tert-OH is 1. The molecule has 1 aliphatic carbocycles. The Bertz CT molecular complexity index is 938. The minimum atomic E-state index is -0.199. The topological polar surface area (TPSA) is 50.9 Å². The van der Waals surface area contributed by atoms with Gasteiger partial charge < -0.3 is 9.67 Å². The molecule has 28 heavy (non-hydrogen) atoms. The van der Waals surface area contributed by atoms with Crippen molar-refractivity contribution >= 4 is 10.8 Å². The van der Waals surface area contributed by atoms with Crippen molar-refractivity contribution in [2.75, 3.05) is 6.61 Å². The molecule has 1 fully saturated rings. The Morgan fingerprint density at radius 1 is 1.04 bits per heavy atom. The highest BCUT2D eigenvalue weighted by atomic mass is 16.3. The molecule has 0 unspecified atom stereocenters. The summed E-state index contributed by atoms with van der Waals surface area (Å²) in [5, 5.41) is 21.0. The summed E-state index contributed by atoms with van der Waals surface area (Å²) in [4.78, 5) is 0. The molecule has 1 N–H and O–H groups in total. The van der Waals surface area contributed by atoms with Crippen molar-refractivity contribution in [3.05, 3.63) is 59.2 Å². The van der Waals surface area contributed by atoms with Crippen LogP contribution in [0, 0.1) is 12.3 Å². The normalized spacial score (nSPS) is 14.1. The van der Waals surface area contributed by atoms with Crippen molar-refractivity contribution in [1.82, 2.24) is 14.8 Å². The Morgan fingerprint density at radius 3 is 2.36 bits per heavy atom. The SMILES string of the molecule is CC.Cc1nnc(CC(C)(C)CO)n1Cc1ccc(C2CC2)c2ccccc12. The van der Waals surface area contributed by atoms with E-state index in [0.717, 1.165) is 24.1 Å². The molecule has 4 rings (SSSR count). The average molecular weight is 380 g/mol. The van der Waals surface area contributed by atoms with E-state index in [1.165, 1.54) is 34.7 Å². The molecule has 0 atom stereocenters. The number of aliphatic hydroxyl groups is 1. The van der Waals surface area contributed by atoms with Crippen LogP contribution in [0.4, 0.5) is 0 Å². The Morgan fingerprint density at radius 2 is 1.71 bits per heavy atom. The highest BCUT2D eigenvalue weighted by Gasteiger charge is 2.26. The molecule has 1 aromatic heterocycles. The third-order valence-electron chi connectivity index (χ3n) is 5.47. The summed E-state index contributed by atoms with van der Waals surface area (Å²) < 4.78 is 2.19. The molecule has 0 aliphatic heterocycles. The zero-order chi connectivity index (χ0) is 20.3. The van der Waals surface area contributed by atoms with E-state index in [4.69, 9.17) is 0 Å². The molecule has 4 heteroatoms. The number of hydrogen-bond acceptors (Lipinski definition) is 3. The van der Waals surface area contributed by atoms with Gasteiger partial charge in [-0.15, -0.1) is 10.2 Å². The summed E-state index contributed by atoms with van der Waals surface area (Å²) in [6.45, 7) is 11.0. The van der Waals surface area contributed by atoms with E-state index in [-0.39, 0.29) is 12.0 Å². The number of nitrogens with zero attached hydrogens (tertiary/aromatic N) is 3. The molecule has 0 amide bonds. The molecule has 1 heterocycles. The van der Waals surface area contributed by atoms with Gasteiger partial charge in [-0.05, 0) is 53.0 Å². The first-order chi connectivity index (χ1) is 13.5. The summed E-state index contributed by atoms with van der Waals surface area (Å²) in [5.74, 6) is 2.60. The second kappa shape index (κ2) is 8.44. The van der Waals surface area contributed by atoms with E-state index < -0.39 is 0 Å². The van der Waals surface area contributed by atoms with Gasteiger partial charge in [0, 0.05) is 13.0 Å². The van der Waals surface area contributed by atoms with Crippen LogP contribution in [0.5, 0.6) is 0 Å². The van der Waals surface area contributed by atoms with Gasteiger partial charge in [-0.1, -0.05) is 64.1 Å². The fourth-order valence-corrected chi connectivity index (χ4v) is 3.69. The number of fused-ring (bicyclic) bond motifs is 1. The Hall–Kier alpha value is -2.20. The monoisotopic (exact) mass is 379 g/mol. The molecule has 150 valence electrons. The lowest BCUT2D eigenvalue weighted by atomic mass is 9.90. The molecule has 0 bridgehead atoms. The van der Waals surface area contributed by atoms with Crippen LogP contribution in [0.3, 0.4) is 0 Å². The summed E-state index contributed by atoms with van der Waals surface area (Å²) in [6, 6.07) is 13.3. The lowest BCUT2D eigenvalue weighted by Crippen LogP contribution is -2.22. The highest BCUT2D eigenvalue weighted by Crippen LogP contribution is 2.43. The molecular formula is C24H33N3O. The van der Waals surface area contributed by atoms with Gasteiger partial charge >= 0.3 is 0 Å². The van der Waals surface area contributed by atoms with Gasteiger partial charge in [0.2, 0.25) is 0 Å². The smallest absolute Gasteiger partial charge is 0.133 e. The van der Waals surface area contributed by atoms with Crippen LogP contribution in [0.25, 0.3) is 10.8 Å². The van der Waals surface area contributed by atoms with Gasteiger partial charge in [-0.3, -0.25) is 0 Å². The van der Waals surface area contributed by atoms with E-state index in [2.05, 4.69) is 65.0 Å². The predicted octanol–water partition coefficient (Wildman–Crippen LogP) is 5.25. The summed E-state index contributed by atoms with van der Waals surface area (Å²) in [6.07, 6.45) is 3.34. The van der Waals surface area contributed by atoms with Gasteiger partial charge in [0.15, 0.2) is 0 Å². The Labute approximate surface area is 168 Å². The number of hydrogen-bond donors (Lipinski definition) is 1. The highest BCUT2D eigenvalue weighted by molar-refractivity contribution is 5.89. The fourth-order valence-electron chi connectivity index (χ4n) is 3.69. The maximum Gasteiger partial charge on any atom is 0.133 e. The second-order valence-electron chi connectivity index (χ2n) is 8.38. The minimum absolute atomic E-state index is 0.137. The first-order valence-electron chi connectivity index (χ1n) is 10.5. The molecule has 4 nitrogen and oxygen atoms in total. The lowest BCUT2D eigenvalue weighted by Gasteiger charge is -2.21. The maximum absolute atomic E-state index is 9.62. The minimum Gasteiger partial charge on any atom is -0.396 e. The lowest BCUT2D eigenvalue weighted by molar-refractivity contribution is 0.156. The maximum atomic E-state index is 9.62. The van der Waals surface area contributed by atoms with E-state index in [1.54, 1.807) is 0 Å². The van der Waals surface area contributed by atoms with Crippen LogP contribution >= 0.6 is 0 Å². The number of benzene rings is 2. The zero-order valence-corrected chi connectivity index (χ0v) is 17.9. The van der Waals surface area contributed by atoms with Crippen LogP contribution in [-0.2, 0) is 13.0 Å². The van der Waals surface area contributed by atoms with Crippen molar-refractivity contribution in [2.45, 2.75) is 66.3 Å². The van der Waals surface area contributed by atoms with E-state index in [0.29, 0.717) is 6.42 Å². The predicted molar refractivity (Wildman–Crippen MR) is 116 cm³/mol. The summed E-state index contributed by atoms with van der Waals surface area (Å²) >= 11 is 0.